The normalized spacial score (nSPS) is 11.7. The first-order valence-electron chi connectivity index (χ1n) is 11.3. The smallest absolute Gasteiger partial charge is 0.0639 e. The van der Waals surface area contributed by atoms with Crippen molar-refractivity contribution in [1.29, 1.82) is 0 Å². The van der Waals surface area contributed by atoms with Gasteiger partial charge in [-0.15, -0.1) is 29.7 Å². The molecule has 0 atom stereocenters. The summed E-state index contributed by atoms with van der Waals surface area (Å²) in [5.74, 6) is 1.19. The monoisotopic (exact) mass is 598 g/mol. The van der Waals surface area contributed by atoms with Gasteiger partial charge in [0.2, 0.25) is 0 Å². The van der Waals surface area contributed by atoms with E-state index in [1.165, 1.54) is 38.7 Å². The predicted molar refractivity (Wildman–Crippen MR) is 132 cm³/mol. The largest absolute Gasteiger partial charge is 0.333 e. The number of fused-ring (bicyclic) bond motifs is 6. The molecule has 0 aliphatic carbocycles. The van der Waals surface area contributed by atoms with Crippen LogP contribution in [0.5, 0.6) is 0 Å². The third-order valence-electron chi connectivity index (χ3n) is 6.03. The maximum atomic E-state index is 4.95. The Morgan fingerprint density at radius 3 is 2.16 bits per heavy atom. The van der Waals surface area contributed by atoms with Crippen molar-refractivity contribution < 1.29 is 20.1 Å². The minimum atomic E-state index is 0. The van der Waals surface area contributed by atoms with Crippen molar-refractivity contribution >= 4 is 27.3 Å². The van der Waals surface area contributed by atoms with Crippen LogP contribution >= 0.6 is 0 Å². The van der Waals surface area contributed by atoms with Crippen molar-refractivity contribution in [2.45, 2.75) is 40.5 Å². The first-order chi connectivity index (χ1) is 15.0. The van der Waals surface area contributed by atoms with Crippen molar-refractivity contribution in [2.24, 2.45) is 11.8 Å². The molecule has 0 fully saturated rings. The number of rotatable bonds is 5. The molecule has 5 aromatic rings. The third kappa shape index (κ3) is 3.89. The molecule has 5 rings (SSSR count). The van der Waals surface area contributed by atoms with Crippen molar-refractivity contribution in [1.82, 2.24) is 9.38 Å². The van der Waals surface area contributed by atoms with Crippen LogP contribution in [0.3, 0.4) is 0 Å². The molecule has 3 heteroatoms. The van der Waals surface area contributed by atoms with E-state index in [0.717, 1.165) is 23.9 Å². The number of nitrogens with zero attached hydrogens (tertiary/aromatic N) is 2. The molecule has 0 bridgehead atoms. The minimum Gasteiger partial charge on any atom is -0.333 e. The van der Waals surface area contributed by atoms with Crippen molar-refractivity contribution in [3.8, 4) is 11.3 Å². The fraction of sp³-hybridized carbons (Fsp3) is 0.276. The summed E-state index contributed by atoms with van der Waals surface area (Å²) in [7, 11) is 0. The number of benzene rings is 3. The van der Waals surface area contributed by atoms with E-state index in [-0.39, 0.29) is 20.1 Å². The zero-order valence-electron chi connectivity index (χ0n) is 19.1. The van der Waals surface area contributed by atoms with Crippen LogP contribution in [0.15, 0.2) is 66.9 Å². The van der Waals surface area contributed by atoms with Gasteiger partial charge in [0.05, 0.1) is 11.3 Å². The van der Waals surface area contributed by atoms with Crippen LogP contribution in [-0.4, -0.2) is 9.38 Å². The molecule has 3 aromatic carbocycles. The van der Waals surface area contributed by atoms with Crippen molar-refractivity contribution in [3.63, 3.8) is 0 Å². The van der Waals surface area contributed by atoms with Crippen molar-refractivity contribution in [3.05, 3.63) is 84.1 Å². The molecule has 0 aliphatic heterocycles. The summed E-state index contributed by atoms with van der Waals surface area (Å²) in [6.07, 6.45) is 4.20. The summed E-state index contributed by atoms with van der Waals surface area (Å²) in [6.45, 7) is 9.19. The van der Waals surface area contributed by atoms with E-state index in [1.54, 1.807) is 0 Å². The zero-order chi connectivity index (χ0) is 21.5. The van der Waals surface area contributed by atoms with E-state index in [0.29, 0.717) is 11.8 Å². The van der Waals surface area contributed by atoms with Crippen LogP contribution in [0.2, 0.25) is 0 Å². The van der Waals surface area contributed by atoms with Crippen LogP contribution in [-0.2, 0) is 32.9 Å². The van der Waals surface area contributed by atoms with Gasteiger partial charge in [0.1, 0.15) is 0 Å². The fourth-order valence-corrected chi connectivity index (χ4v) is 4.89. The Morgan fingerprint density at radius 2 is 1.47 bits per heavy atom. The molecule has 165 valence electrons. The van der Waals surface area contributed by atoms with Gasteiger partial charge in [0, 0.05) is 37.4 Å². The quantitative estimate of drug-likeness (QED) is 0.152. The average Bonchev–Trinajstić information content (AvgIpc) is 3.18. The molecule has 0 saturated heterocycles. The van der Waals surface area contributed by atoms with Gasteiger partial charge in [-0.05, 0) is 47.3 Å². The molecule has 0 unspecified atom stereocenters. The van der Waals surface area contributed by atoms with Crippen LogP contribution in [0.1, 0.15) is 38.8 Å². The van der Waals surface area contributed by atoms with Crippen LogP contribution in [0, 0.1) is 17.9 Å². The first-order valence-corrected chi connectivity index (χ1v) is 11.3. The minimum absolute atomic E-state index is 0. The van der Waals surface area contributed by atoms with E-state index in [9.17, 15) is 0 Å². The van der Waals surface area contributed by atoms with E-state index < -0.39 is 0 Å². The molecule has 0 N–H and O–H groups in total. The molecule has 0 spiro atoms. The SMILES string of the molecule is CC(C)Cc1cccc(CC(C)C)c1-c1cnc2c3[c-]cccc3c3ccccc3n12.[Ir]. The Bertz CT molecular complexity index is 1370. The molecule has 2 nitrogen and oxygen atoms in total. The molecule has 0 saturated carbocycles. The van der Waals surface area contributed by atoms with Gasteiger partial charge in [-0.25, -0.2) is 0 Å². The van der Waals surface area contributed by atoms with Gasteiger partial charge < -0.3 is 4.40 Å². The molecule has 0 amide bonds. The maximum absolute atomic E-state index is 4.95. The molecular weight excluding hydrogens is 569 g/mol. The number of pyridine rings is 1. The average molecular weight is 598 g/mol. The van der Waals surface area contributed by atoms with E-state index in [2.05, 4.69) is 99.0 Å². The second-order valence-corrected chi connectivity index (χ2v) is 9.43. The number of para-hydroxylation sites is 1. The van der Waals surface area contributed by atoms with Gasteiger partial charge in [0.15, 0.2) is 0 Å². The summed E-state index contributed by atoms with van der Waals surface area (Å²) in [5.41, 5.74) is 7.56. The van der Waals surface area contributed by atoms with Gasteiger partial charge in [-0.3, -0.25) is 4.98 Å². The van der Waals surface area contributed by atoms with Crippen LogP contribution < -0.4 is 0 Å². The molecule has 0 aliphatic rings. The second-order valence-electron chi connectivity index (χ2n) is 9.43. The first kappa shape index (κ1) is 22.7. The van der Waals surface area contributed by atoms with Gasteiger partial charge in [-0.1, -0.05) is 69.5 Å². The van der Waals surface area contributed by atoms with E-state index >= 15 is 0 Å². The Balaban J connectivity index is 0.00000245. The van der Waals surface area contributed by atoms with Crippen LogP contribution in [0.4, 0.5) is 0 Å². The van der Waals surface area contributed by atoms with E-state index in [4.69, 9.17) is 4.98 Å². The molecule has 1 radical (unpaired) electrons. The summed E-state index contributed by atoms with van der Waals surface area (Å²) in [5, 5.41) is 3.53. The van der Waals surface area contributed by atoms with Crippen LogP contribution in [0.25, 0.3) is 38.6 Å². The molecule has 2 heterocycles. The predicted octanol–water partition coefficient (Wildman–Crippen LogP) is 7.50. The van der Waals surface area contributed by atoms with E-state index in [1.807, 2.05) is 6.07 Å². The third-order valence-corrected chi connectivity index (χ3v) is 6.03. The Morgan fingerprint density at radius 1 is 0.812 bits per heavy atom. The Labute approximate surface area is 204 Å². The van der Waals surface area contributed by atoms with Gasteiger partial charge >= 0.3 is 0 Å². The number of aromatic nitrogens is 2. The molecule has 32 heavy (non-hydrogen) atoms. The van der Waals surface area contributed by atoms with Crippen molar-refractivity contribution in [2.75, 3.05) is 0 Å². The zero-order valence-corrected chi connectivity index (χ0v) is 21.5. The number of hydrogen-bond acceptors (Lipinski definition) is 1. The van der Waals surface area contributed by atoms with Gasteiger partial charge in [-0.2, -0.15) is 0 Å². The molecular formula is C29H29IrN2-. The number of hydrogen-bond donors (Lipinski definition) is 0. The van der Waals surface area contributed by atoms with Gasteiger partial charge in [0.25, 0.3) is 0 Å². The summed E-state index contributed by atoms with van der Waals surface area (Å²) in [4.78, 5) is 4.95. The fourth-order valence-electron chi connectivity index (χ4n) is 4.89. The Kier molecular flexibility index (Phi) is 6.51. The summed E-state index contributed by atoms with van der Waals surface area (Å²) in [6, 6.07) is 25.2. The Hall–Kier alpha value is -2.48. The standard InChI is InChI=1S/C29H29N2.Ir/c1-19(2)16-21-10-9-11-22(17-20(3)4)28(21)27-18-30-29-25-14-6-5-12-23(25)24-13-7-8-15-26(24)31(27)29;/h5-13,15,18-20H,16-17H2,1-4H3;/q-1;. The topological polar surface area (TPSA) is 17.3 Å². The summed E-state index contributed by atoms with van der Waals surface area (Å²) >= 11 is 0. The second kappa shape index (κ2) is 9.17. The maximum Gasteiger partial charge on any atom is 0.0639 e. The summed E-state index contributed by atoms with van der Waals surface area (Å²) < 4.78 is 2.36. The number of imidazole rings is 1. The molecule has 2 aromatic heterocycles.